The lowest BCUT2D eigenvalue weighted by atomic mass is 10.1. The van der Waals surface area contributed by atoms with Crippen molar-refractivity contribution >= 4 is 28.5 Å². The second-order valence-corrected chi connectivity index (χ2v) is 6.34. The molecule has 2 rings (SSSR count). The van der Waals surface area contributed by atoms with E-state index >= 15 is 0 Å². The molecule has 20 heavy (non-hydrogen) atoms. The van der Waals surface area contributed by atoms with Gasteiger partial charge in [0, 0.05) is 0 Å². The van der Waals surface area contributed by atoms with E-state index < -0.39 is 0 Å². The highest BCUT2D eigenvalue weighted by molar-refractivity contribution is 8.15. The summed E-state index contributed by atoms with van der Waals surface area (Å²) in [6, 6.07) is 7.97. The summed E-state index contributed by atoms with van der Waals surface area (Å²) in [7, 11) is 0. The zero-order valence-corrected chi connectivity index (χ0v) is 13.0. The Bertz CT molecular complexity index is 499. The molecule has 0 saturated carbocycles. The average Bonchev–Trinajstić information content (AvgIpc) is 2.78. The minimum atomic E-state index is 0.0367. The van der Waals surface area contributed by atoms with E-state index in [-0.39, 0.29) is 11.2 Å². The number of benzene rings is 1. The van der Waals surface area contributed by atoms with Crippen LogP contribution in [0.2, 0.25) is 0 Å². The van der Waals surface area contributed by atoms with Gasteiger partial charge in [0.25, 0.3) is 0 Å². The third-order valence-electron chi connectivity index (χ3n) is 3.43. The Kier molecular flexibility index (Phi) is 5.65. The SMILES string of the molecule is CCCCCCC1SC(=Nc2ccccc2C)NC1=O. The van der Waals surface area contributed by atoms with Crippen LogP contribution in [0.4, 0.5) is 5.69 Å². The minimum absolute atomic E-state index is 0.0367. The number of aliphatic imine (C=N–C) groups is 1. The summed E-state index contributed by atoms with van der Waals surface area (Å²) >= 11 is 1.57. The maximum Gasteiger partial charge on any atom is 0.239 e. The van der Waals surface area contributed by atoms with E-state index in [1.165, 1.54) is 19.3 Å². The lowest BCUT2D eigenvalue weighted by Crippen LogP contribution is -2.24. The predicted octanol–water partition coefficient (Wildman–Crippen LogP) is 4.18. The molecule has 0 spiro atoms. The number of aryl methyl sites for hydroxylation is 1. The Morgan fingerprint density at radius 3 is 2.80 bits per heavy atom. The number of para-hydroxylation sites is 1. The van der Waals surface area contributed by atoms with Crippen LogP contribution >= 0.6 is 11.8 Å². The molecule has 0 bridgehead atoms. The molecule has 1 aromatic carbocycles. The van der Waals surface area contributed by atoms with Crippen molar-refractivity contribution in [3.63, 3.8) is 0 Å². The van der Waals surface area contributed by atoms with Crippen molar-refractivity contribution in [2.24, 2.45) is 4.99 Å². The monoisotopic (exact) mass is 290 g/mol. The normalized spacial score (nSPS) is 20.4. The second-order valence-electron chi connectivity index (χ2n) is 5.15. The van der Waals surface area contributed by atoms with Crippen molar-refractivity contribution in [1.82, 2.24) is 5.32 Å². The molecule has 1 aromatic rings. The molecule has 1 saturated heterocycles. The van der Waals surface area contributed by atoms with Crippen LogP contribution in [-0.4, -0.2) is 16.3 Å². The average molecular weight is 290 g/mol. The number of nitrogens with one attached hydrogen (secondary N) is 1. The van der Waals surface area contributed by atoms with Crippen molar-refractivity contribution in [2.75, 3.05) is 0 Å². The fourth-order valence-corrected chi connectivity index (χ4v) is 3.23. The van der Waals surface area contributed by atoms with Crippen LogP contribution < -0.4 is 5.32 Å². The second kappa shape index (κ2) is 7.48. The van der Waals surface area contributed by atoms with Gasteiger partial charge < -0.3 is 5.32 Å². The van der Waals surface area contributed by atoms with Gasteiger partial charge in [-0.2, -0.15) is 0 Å². The third-order valence-corrected chi connectivity index (χ3v) is 4.58. The quantitative estimate of drug-likeness (QED) is 0.798. The molecular weight excluding hydrogens is 268 g/mol. The first-order valence-corrected chi connectivity index (χ1v) is 8.20. The largest absolute Gasteiger partial charge is 0.304 e. The van der Waals surface area contributed by atoms with Crippen LogP contribution in [0.3, 0.4) is 0 Å². The van der Waals surface area contributed by atoms with E-state index in [4.69, 9.17) is 0 Å². The maximum atomic E-state index is 11.9. The number of nitrogens with zero attached hydrogens (tertiary/aromatic N) is 1. The van der Waals surface area contributed by atoms with E-state index in [0.717, 1.165) is 29.3 Å². The van der Waals surface area contributed by atoms with Crippen molar-refractivity contribution in [1.29, 1.82) is 0 Å². The van der Waals surface area contributed by atoms with E-state index in [1.54, 1.807) is 11.8 Å². The number of rotatable bonds is 6. The lowest BCUT2D eigenvalue weighted by molar-refractivity contribution is -0.118. The number of carbonyl (C=O) groups excluding carboxylic acids is 1. The Morgan fingerprint density at radius 1 is 1.25 bits per heavy atom. The Hall–Kier alpha value is -1.29. The molecule has 0 radical (unpaired) electrons. The van der Waals surface area contributed by atoms with Crippen LogP contribution in [0, 0.1) is 6.92 Å². The van der Waals surface area contributed by atoms with Crippen molar-refractivity contribution < 1.29 is 4.79 Å². The first-order valence-electron chi connectivity index (χ1n) is 7.32. The first kappa shape index (κ1) is 15.1. The smallest absolute Gasteiger partial charge is 0.239 e. The Morgan fingerprint density at radius 2 is 2.05 bits per heavy atom. The molecule has 1 aliphatic rings. The number of amidine groups is 1. The molecular formula is C16H22N2OS. The number of thioether (sulfide) groups is 1. The first-order chi connectivity index (χ1) is 9.70. The van der Waals surface area contributed by atoms with Gasteiger partial charge in [0.2, 0.25) is 5.91 Å². The van der Waals surface area contributed by atoms with E-state index in [0.29, 0.717) is 0 Å². The summed E-state index contributed by atoms with van der Waals surface area (Å²) in [6.45, 7) is 4.23. The highest BCUT2D eigenvalue weighted by atomic mass is 32.2. The molecule has 1 heterocycles. The fraction of sp³-hybridized carbons (Fsp3) is 0.500. The van der Waals surface area contributed by atoms with E-state index in [1.807, 2.05) is 31.2 Å². The van der Waals surface area contributed by atoms with Gasteiger partial charge >= 0.3 is 0 Å². The number of amides is 1. The van der Waals surface area contributed by atoms with Gasteiger partial charge in [-0.05, 0) is 25.0 Å². The van der Waals surface area contributed by atoms with Gasteiger partial charge in [-0.15, -0.1) is 0 Å². The summed E-state index contributed by atoms with van der Waals surface area (Å²) < 4.78 is 0. The summed E-state index contributed by atoms with van der Waals surface area (Å²) in [5.41, 5.74) is 2.06. The van der Waals surface area contributed by atoms with Crippen LogP contribution in [0.25, 0.3) is 0 Å². The van der Waals surface area contributed by atoms with E-state index in [9.17, 15) is 4.79 Å². The van der Waals surface area contributed by atoms with Crippen LogP contribution in [0.1, 0.15) is 44.6 Å². The molecule has 1 atom stereocenters. The fourth-order valence-electron chi connectivity index (χ4n) is 2.20. The number of hydrogen-bond acceptors (Lipinski definition) is 3. The lowest BCUT2D eigenvalue weighted by Gasteiger charge is -2.04. The molecule has 0 aliphatic carbocycles. The van der Waals surface area contributed by atoms with Gasteiger partial charge in [0.15, 0.2) is 5.17 Å². The van der Waals surface area contributed by atoms with Crippen LogP contribution in [-0.2, 0) is 4.79 Å². The standard InChI is InChI=1S/C16H22N2OS/c1-3-4-5-6-11-14-15(19)18-16(20-14)17-13-10-8-7-9-12(13)2/h7-10,14H,3-6,11H2,1-2H3,(H,17,18,19). The topological polar surface area (TPSA) is 41.5 Å². The zero-order chi connectivity index (χ0) is 14.4. The molecule has 1 aliphatic heterocycles. The minimum Gasteiger partial charge on any atom is -0.304 e. The van der Waals surface area contributed by atoms with Crippen molar-refractivity contribution in [3.05, 3.63) is 29.8 Å². The molecule has 1 unspecified atom stereocenters. The molecule has 0 aromatic heterocycles. The maximum absolute atomic E-state index is 11.9. The summed E-state index contributed by atoms with van der Waals surface area (Å²) in [5.74, 6) is 0.110. The Labute approximate surface area is 125 Å². The van der Waals surface area contributed by atoms with Gasteiger partial charge in [0.1, 0.15) is 0 Å². The predicted molar refractivity (Wildman–Crippen MR) is 86.6 cm³/mol. The van der Waals surface area contributed by atoms with Crippen molar-refractivity contribution in [3.8, 4) is 0 Å². The summed E-state index contributed by atoms with van der Waals surface area (Å²) in [5, 5.41) is 3.67. The Balaban J connectivity index is 1.93. The molecule has 108 valence electrons. The molecule has 1 N–H and O–H groups in total. The van der Waals surface area contributed by atoms with Crippen LogP contribution in [0.5, 0.6) is 0 Å². The van der Waals surface area contributed by atoms with Gasteiger partial charge in [0.05, 0.1) is 10.9 Å². The van der Waals surface area contributed by atoms with Gasteiger partial charge in [-0.25, -0.2) is 4.99 Å². The molecule has 4 heteroatoms. The molecule has 1 fully saturated rings. The van der Waals surface area contributed by atoms with Gasteiger partial charge in [-0.1, -0.05) is 62.6 Å². The highest BCUT2D eigenvalue weighted by Crippen LogP contribution is 2.27. The summed E-state index contributed by atoms with van der Waals surface area (Å²) in [4.78, 5) is 16.5. The summed E-state index contributed by atoms with van der Waals surface area (Å²) in [6.07, 6.45) is 5.76. The van der Waals surface area contributed by atoms with Crippen molar-refractivity contribution in [2.45, 2.75) is 51.2 Å². The number of unbranched alkanes of at least 4 members (excludes halogenated alkanes) is 3. The molecule has 1 amide bonds. The number of hydrogen-bond donors (Lipinski definition) is 1. The molecule has 3 nitrogen and oxygen atoms in total. The third kappa shape index (κ3) is 4.10. The van der Waals surface area contributed by atoms with Crippen LogP contribution in [0.15, 0.2) is 29.3 Å². The number of carbonyl (C=O) groups is 1. The highest BCUT2D eigenvalue weighted by Gasteiger charge is 2.29. The zero-order valence-electron chi connectivity index (χ0n) is 12.2. The van der Waals surface area contributed by atoms with E-state index in [2.05, 4.69) is 17.2 Å². The van der Waals surface area contributed by atoms with Gasteiger partial charge in [-0.3, -0.25) is 4.79 Å².